The Bertz CT molecular complexity index is 927. The zero-order valence-electron chi connectivity index (χ0n) is 16.0. The summed E-state index contributed by atoms with van der Waals surface area (Å²) in [6.07, 6.45) is 4.42. The summed E-state index contributed by atoms with van der Waals surface area (Å²) < 4.78 is 6.99. The first-order chi connectivity index (χ1) is 13.8. The lowest BCUT2D eigenvalue weighted by Gasteiger charge is -2.18. The number of para-hydroxylation sites is 1. The van der Waals surface area contributed by atoms with Gasteiger partial charge in [-0.15, -0.1) is 5.10 Å². The standard InChI is InChI=1S/C22H24N4O2/c1-28-19-13-11-17(12-14-19)21-23-20(22(27)25-15-7-2-3-8-16-25)24-26(21)18-9-5-4-6-10-18/h4-6,9-14H,2-3,7-8,15-16H2,1H3. The zero-order chi connectivity index (χ0) is 19.3. The van der Waals surface area contributed by atoms with E-state index < -0.39 is 0 Å². The van der Waals surface area contributed by atoms with Crippen molar-refractivity contribution in [2.45, 2.75) is 25.7 Å². The van der Waals surface area contributed by atoms with Crippen molar-refractivity contribution < 1.29 is 9.53 Å². The molecule has 0 spiro atoms. The molecule has 1 aromatic heterocycles. The van der Waals surface area contributed by atoms with E-state index in [1.807, 2.05) is 59.5 Å². The van der Waals surface area contributed by atoms with Crippen LogP contribution in [0.2, 0.25) is 0 Å². The maximum Gasteiger partial charge on any atom is 0.293 e. The van der Waals surface area contributed by atoms with E-state index in [9.17, 15) is 4.79 Å². The minimum Gasteiger partial charge on any atom is -0.497 e. The summed E-state index contributed by atoms with van der Waals surface area (Å²) in [5, 5.41) is 4.59. The van der Waals surface area contributed by atoms with Gasteiger partial charge in [0.25, 0.3) is 5.91 Å². The van der Waals surface area contributed by atoms with E-state index in [4.69, 9.17) is 4.74 Å². The van der Waals surface area contributed by atoms with E-state index in [0.29, 0.717) is 5.82 Å². The van der Waals surface area contributed by atoms with Crippen LogP contribution in [-0.2, 0) is 0 Å². The Kier molecular flexibility index (Phi) is 5.37. The number of hydrogen-bond donors (Lipinski definition) is 0. The second-order valence-corrected chi connectivity index (χ2v) is 6.94. The summed E-state index contributed by atoms with van der Waals surface area (Å²) in [5.74, 6) is 1.57. The highest BCUT2D eigenvalue weighted by Crippen LogP contribution is 2.24. The molecule has 1 fully saturated rings. The number of methoxy groups -OCH3 is 1. The molecular weight excluding hydrogens is 352 g/mol. The maximum absolute atomic E-state index is 13.0. The van der Waals surface area contributed by atoms with Crippen LogP contribution in [0.4, 0.5) is 0 Å². The molecule has 6 nitrogen and oxygen atoms in total. The molecule has 1 aliphatic heterocycles. The molecule has 0 bridgehead atoms. The number of aromatic nitrogens is 3. The molecule has 144 valence electrons. The van der Waals surface area contributed by atoms with Crippen LogP contribution in [0.3, 0.4) is 0 Å². The summed E-state index contributed by atoms with van der Waals surface area (Å²) in [6.45, 7) is 1.55. The van der Waals surface area contributed by atoms with Gasteiger partial charge >= 0.3 is 0 Å². The van der Waals surface area contributed by atoms with E-state index in [1.165, 1.54) is 12.8 Å². The second-order valence-electron chi connectivity index (χ2n) is 6.94. The number of ether oxygens (including phenoxy) is 1. The van der Waals surface area contributed by atoms with Gasteiger partial charge in [-0.1, -0.05) is 31.0 Å². The molecule has 0 radical (unpaired) electrons. The predicted octanol–water partition coefficient (Wildman–Crippen LogP) is 3.96. The van der Waals surface area contributed by atoms with E-state index in [1.54, 1.807) is 11.8 Å². The third kappa shape index (κ3) is 3.76. The molecule has 28 heavy (non-hydrogen) atoms. The van der Waals surface area contributed by atoms with E-state index >= 15 is 0 Å². The van der Waals surface area contributed by atoms with Crippen molar-refractivity contribution in [3.8, 4) is 22.8 Å². The van der Waals surface area contributed by atoms with Crippen molar-refractivity contribution in [3.63, 3.8) is 0 Å². The molecule has 1 aliphatic rings. The van der Waals surface area contributed by atoms with Crippen molar-refractivity contribution in [1.29, 1.82) is 0 Å². The molecule has 1 saturated heterocycles. The number of benzene rings is 2. The number of likely N-dealkylation sites (tertiary alicyclic amines) is 1. The summed E-state index contributed by atoms with van der Waals surface area (Å²) in [6, 6.07) is 17.4. The predicted molar refractivity (Wildman–Crippen MR) is 108 cm³/mol. The molecule has 1 amide bonds. The van der Waals surface area contributed by atoms with Crippen molar-refractivity contribution in [1.82, 2.24) is 19.7 Å². The smallest absolute Gasteiger partial charge is 0.293 e. The summed E-state index contributed by atoms with van der Waals surface area (Å²) in [7, 11) is 1.64. The van der Waals surface area contributed by atoms with Crippen molar-refractivity contribution in [2.75, 3.05) is 20.2 Å². The van der Waals surface area contributed by atoms with Crippen molar-refractivity contribution >= 4 is 5.91 Å². The van der Waals surface area contributed by atoms with Crippen LogP contribution < -0.4 is 4.74 Å². The van der Waals surface area contributed by atoms with E-state index in [2.05, 4.69) is 10.1 Å². The fraction of sp³-hybridized carbons (Fsp3) is 0.318. The highest BCUT2D eigenvalue weighted by molar-refractivity contribution is 5.91. The lowest BCUT2D eigenvalue weighted by Crippen LogP contribution is -2.32. The van der Waals surface area contributed by atoms with Gasteiger partial charge in [0, 0.05) is 18.7 Å². The molecule has 0 saturated carbocycles. The van der Waals surface area contributed by atoms with Crippen LogP contribution in [-0.4, -0.2) is 45.8 Å². The van der Waals surface area contributed by atoms with Gasteiger partial charge in [0.05, 0.1) is 12.8 Å². The van der Waals surface area contributed by atoms with Gasteiger partial charge in [-0.2, -0.15) is 0 Å². The lowest BCUT2D eigenvalue weighted by atomic mass is 10.2. The quantitative estimate of drug-likeness (QED) is 0.692. The topological polar surface area (TPSA) is 60.2 Å². The Labute approximate surface area is 164 Å². The maximum atomic E-state index is 13.0. The van der Waals surface area contributed by atoms with E-state index in [-0.39, 0.29) is 11.7 Å². The Hall–Kier alpha value is -3.15. The summed E-state index contributed by atoms with van der Waals surface area (Å²) in [5.41, 5.74) is 1.75. The van der Waals surface area contributed by atoms with Gasteiger partial charge < -0.3 is 9.64 Å². The first kappa shape index (κ1) is 18.2. The normalized spacial score (nSPS) is 14.5. The largest absolute Gasteiger partial charge is 0.497 e. The molecule has 0 aliphatic carbocycles. The van der Waals surface area contributed by atoms with Gasteiger partial charge in [0.2, 0.25) is 5.82 Å². The number of amides is 1. The number of rotatable bonds is 4. The molecule has 6 heteroatoms. The minimum absolute atomic E-state index is 0.0913. The highest BCUT2D eigenvalue weighted by Gasteiger charge is 2.24. The number of hydrogen-bond acceptors (Lipinski definition) is 4. The Morgan fingerprint density at radius 2 is 1.61 bits per heavy atom. The minimum atomic E-state index is -0.0913. The van der Waals surface area contributed by atoms with Crippen LogP contribution in [0.1, 0.15) is 36.3 Å². The Morgan fingerprint density at radius 1 is 0.929 bits per heavy atom. The molecule has 0 unspecified atom stereocenters. The Morgan fingerprint density at radius 3 is 2.25 bits per heavy atom. The number of carbonyl (C=O) groups is 1. The molecule has 4 rings (SSSR count). The monoisotopic (exact) mass is 376 g/mol. The third-order valence-corrected chi connectivity index (χ3v) is 5.04. The second kappa shape index (κ2) is 8.25. The third-order valence-electron chi connectivity index (χ3n) is 5.04. The van der Waals surface area contributed by atoms with Crippen LogP contribution in [0.15, 0.2) is 54.6 Å². The summed E-state index contributed by atoms with van der Waals surface area (Å²) >= 11 is 0. The molecule has 2 aromatic carbocycles. The van der Waals surface area contributed by atoms with Crippen LogP contribution in [0.25, 0.3) is 17.1 Å². The molecule has 3 aromatic rings. The molecule has 0 atom stereocenters. The van der Waals surface area contributed by atoms with Gasteiger partial charge in [-0.25, -0.2) is 9.67 Å². The fourth-order valence-corrected chi connectivity index (χ4v) is 3.49. The average molecular weight is 376 g/mol. The molecule has 2 heterocycles. The fourth-order valence-electron chi connectivity index (χ4n) is 3.49. The molecule has 0 N–H and O–H groups in total. The van der Waals surface area contributed by atoms with Crippen molar-refractivity contribution in [2.24, 2.45) is 0 Å². The van der Waals surface area contributed by atoms with E-state index in [0.717, 1.165) is 42.9 Å². The van der Waals surface area contributed by atoms with Gasteiger partial charge in [0.1, 0.15) is 5.75 Å². The summed E-state index contributed by atoms with van der Waals surface area (Å²) in [4.78, 5) is 19.6. The van der Waals surface area contributed by atoms with Gasteiger partial charge in [0.15, 0.2) is 5.82 Å². The van der Waals surface area contributed by atoms with Crippen LogP contribution in [0.5, 0.6) is 5.75 Å². The number of carbonyl (C=O) groups excluding carboxylic acids is 1. The van der Waals surface area contributed by atoms with Gasteiger partial charge in [-0.05, 0) is 49.2 Å². The average Bonchev–Trinajstić information content (AvgIpc) is 3.02. The number of nitrogens with zero attached hydrogens (tertiary/aromatic N) is 4. The van der Waals surface area contributed by atoms with Crippen LogP contribution in [0, 0.1) is 0 Å². The first-order valence-electron chi connectivity index (χ1n) is 9.72. The van der Waals surface area contributed by atoms with Gasteiger partial charge in [-0.3, -0.25) is 4.79 Å². The van der Waals surface area contributed by atoms with Crippen molar-refractivity contribution in [3.05, 3.63) is 60.4 Å². The Balaban J connectivity index is 1.74. The lowest BCUT2D eigenvalue weighted by molar-refractivity contribution is 0.0749. The molecular formula is C22H24N4O2. The first-order valence-corrected chi connectivity index (χ1v) is 9.72. The zero-order valence-corrected chi connectivity index (χ0v) is 16.0. The highest BCUT2D eigenvalue weighted by atomic mass is 16.5. The van der Waals surface area contributed by atoms with Crippen LogP contribution >= 0.6 is 0 Å². The SMILES string of the molecule is COc1ccc(-c2nc(C(=O)N3CCCCCC3)nn2-c2ccccc2)cc1.